The van der Waals surface area contributed by atoms with Gasteiger partial charge in [-0.2, -0.15) is 13.2 Å². The monoisotopic (exact) mass is 522 g/mol. The zero-order chi connectivity index (χ0) is 26.7. The van der Waals surface area contributed by atoms with Crippen molar-refractivity contribution in [1.82, 2.24) is 25.0 Å². The van der Waals surface area contributed by atoms with Crippen LogP contribution in [0.4, 0.5) is 19.0 Å². The zero-order valence-corrected chi connectivity index (χ0v) is 20.6. The Morgan fingerprint density at radius 3 is 2.74 bits per heavy atom. The summed E-state index contributed by atoms with van der Waals surface area (Å²) in [5, 5.41) is 11.0. The van der Waals surface area contributed by atoms with Crippen LogP contribution in [0.2, 0.25) is 0 Å². The van der Waals surface area contributed by atoms with E-state index in [1.54, 1.807) is 35.3 Å². The molecular weight excluding hydrogens is 497 g/mol. The number of ether oxygens (including phenoxy) is 1. The molecule has 0 bridgehead atoms. The summed E-state index contributed by atoms with van der Waals surface area (Å²) in [6.07, 6.45) is 4.83. The van der Waals surface area contributed by atoms with Crippen molar-refractivity contribution in [3.05, 3.63) is 83.4 Å². The number of nitrogens with zero attached hydrogens (tertiary/aromatic N) is 5. The van der Waals surface area contributed by atoms with Crippen LogP contribution in [-0.4, -0.2) is 44.1 Å². The average molecular weight is 523 g/mol. The standard InChI is InChI=1S/C27H25F3N6O2/c1-17-2-3-20(26(37)33-25-13-22(4-7-32-25)27(28,29)30)12-24(17)36-16-23(34-35-36)21-11-19(14-31-15-21)10-18-5-8-38-9-6-18/h2-4,7,11-16,18H,5-6,8-10H2,1H3,(H,32,33,37). The Hall–Kier alpha value is -4.12. The lowest BCUT2D eigenvalue weighted by molar-refractivity contribution is -0.137. The van der Waals surface area contributed by atoms with E-state index in [0.717, 1.165) is 67.5 Å². The lowest BCUT2D eigenvalue weighted by Gasteiger charge is -2.21. The highest BCUT2D eigenvalue weighted by atomic mass is 19.4. The number of hydrogen-bond donors (Lipinski definition) is 1. The summed E-state index contributed by atoms with van der Waals surface area (Å²) in [7, 11) is 0. The van der Waals surface area contributed by atoms with Crippen LogP contribution in [0.1, 0.15) is 39.9 Å². The molecule has 1 fully saturated rings. The van der Waals surface area contributed by atoms with Gasteiger partial charge in [-0.1, -0.05) is 11.3 Å². The van der Waals surface area contributed by atoms with Crippen LogP contribution in [0.15, 0.2) is 61.2 Å². The van der Waals surface area contributed by atoms with E-state index in [1.165, 1.54) is 0 Å². The van der Waals surface area contributed by atoms with Gasteiger partial charge >= 0.3 is 6.18 Å². The molecule has 1 aromatic carbocycles. The number of benzene rings is 1. The molecule has 8 nitrogen and oxygen atoms in total. The summed E-state index contributed by atoms with van der Waals surface area (Å²) in [5.74, 6) is -0.217. The lowest BCUT2D eigenvalue weighted by Crippen LogP contribution is -2.17. The molecule has 0 radical (unpaired) electrons. The van der Waals surface area contributed by atoms with Gasteiger partial charge in [0.15, 0.2) is 0 Å². The third kappa shape index (κ3) is 5.88. The number of anilines is 1. The summed E-state index contributed by atoms with van der Waals surface area (Å²) in [6, 6.07) is 8.63. The Labute approximate surface area is 216 Å². The predicted molar refractivity (Wildman–Crippen MR) is 134 cm³/mol. The van der Waals surface area contributed by atoms with E-state index < -0.39 is 17.6 Å². The number of pyridine rings is 2. The Morgan fingerprint density at radius 2 is 1.95 bits per heavy atom. The summed E-state index contributed by atoms with van der Waals surface area (Å²) in [6.45, 7) is 3.45. The van der Waals surface area contributed by atoms with Crippen LogP contribution < -0.4 is 5.32 Å². The molecule has 0 atom stereocenters. The molecule has 1 aliphatic heterocycles. The van der Waals surface area contributed by atoms with E-state index in [9.17, 15) is 18.0 Å². The number of nitrogens with one attached hydrogen (secondary N) is 1. The minimum Gasteiger partial charge on any atom is -0.381 e. The van der Waals surface area contributed by atoms with Gasteiger partial charge in [0.2, 0.25) is 0 Å². The highest BCUT2D eigenvalue weighted by molar-refractivity contribution is 6.04. The summed E-state index contributed by atoms with van der Waals surface area (Å²) >= 11 is 0. The van der Waals surface area contributed by atoms with E-state index in [1.807, 2.05) is 13.1 Å². The smallest absolute Gasteiger partial charge is 0.381 e. The van der Waals surface area contributed by atoms with Crippen molar-refractivity contribution < 1.29 is 22.7 Å². The molecule has 38 heavy (non-hydrogen) atoms. The number of hydrogen-bond acceptors (Lipinski definition) is 6. The van der Waals surface area contributed by atoms with E-state index in [4.69, 9.17) is 4.74 Å². The minimum atomic E-state index is -4.54. The maximum atomic E-state index is 13.0. The summed E-state index contributed by atoms with van der Waals surface area (Å²) in [5.41, 5.74) is 3.39. The summed E-state index contributed by atoms with van der Waals surface area (Å²) < 4.78 is 46.0. The Balaban J connectivity index is 1.34. The van der Waals surface area contributed by atoms with Crippen LogP contribution in [0.5, 0.6) is 0 Å². The van der Waals surface area contributed by atoms with E-state index in [0.29, 0.717) is 17.3 Å². The van der Waals surface area contributed by atoms with Crippen molar-refractivity contribution in [1.29, 1.82) is 0 Å². The first-order chi connectivity index (χ1) is 18.3. The molecule has 3 aromatic heterocycles. The molecule has 196 valence electrons. The van der Waals surface area contributed by atoms with Crippen LogP contribution in [0, 0.1) is 12.8 Å². The third-order valence-corrected chi connectivity index (χ3v) is 6.50. The number of rotatable bonds is 6. The number of alkyl halides is 3. The minimum absolute atomic E-state index is 0.192. The molecule has 1 saturated heterocycles. The van der Waals surface area contributed by atoms with Crippen molar-refractivity contribution in [3.8, 4) is 16.9 Å². The summed E-state index contributed by atoms with van der Waals surface area (Å²) in [4.78, 5) is 21.0. The molecular formula is C27H25F3N6O2. The van der Waals surface area contributed by atoms with Crippen LogP contribution in [0.25, 0.3) is 16.9 Å². The van der Waals surface area contributed by atoms with Crippen LogP contribution in [0.3, 0.4) is 0 Å². The van der Waals surface area contributed by atoms with Crippen molar-refractivity contribution in [2.45, 2.75) is 32.4 Å². The highest BCUT2D eigenvalue weighted by Gasteiger charge is 2.31. The number of amides is 1. The van der Waals surface area contributed by atoms with Crippen molar-refractivity contribution >= 4 is 11.7 Å². The maximum Gasteiger partial charge on any atom is 0.416 e. The number of aryl methyl sites for hydroxylation is 1. The quantitative estimate of drug-likeness (QED) is 0.371. The second-order valence-corrected chi connectivity index (χ2v) is 9.27. The zero-order valence-electron chi connectivity index (χ0n) is 20.6. The van der Waals surface area contributed by atoms with Gasteiger partial charge < -0.3 is 10.1 Å². The molecule has 4 aromatic rings. The molecule has 0 spiro atoms. The van der Waals surface area contributed by atoms with Crippen molar-refractivity contribution in [2.24, 2.45) is 5.92 Å². The van der Waals surface area contributed by atoms with Gasteiger partial charge in [-0.15, -0.1) is 5.10 Å². The Morgan fingerprint density at radius 1 is 1.13 bits per heavy atom. The third-order valence-electron chi connectivity index (χ3n) is 6.50. The fraction of sp³-hybridized carbons (Fsp3) is 0.296. The fourth-order valence-electron chi connectivity index (χ4n) is 4.40. The molecule has 0 saturated carbocycles. The van der Waals surface area contributed by atoms with Gasteiger partial charge in [0.1, 0.15) is 11.5 Å². The molecule has 1 amide bonds. The second-order valence-electron chi connectivity index (χ2n) is 9.27. The number of carbonyl (C=O) groups excluding carboxylic acids is 1. The van der Waals surface area contributed by atoms with Crippen molar-refractivity contribution in [3.63, 3.8) is 0 Å². The first-order valence-electron chi connectivity index (χ1n) is 12.2. The predicted octanol–water partition coefficient (Wildman–Crippen LogP) is 5.27. The normalized spacial score (nSPS) is 14.4. The SMILES string of the molecule is Cc1ccc(C(=O)Nc2cc(C(F)(F)F)ccn2)cc1-n1cc(-c2cncc(CC3CCOCC3)c2)nn1. The van der Waals surface area contributed by atoms with E-state index in [-0.39, 0.29) is 11.4 Å². The van der Waals surface area contributed by atoms with Crippen LogP contribution in [-0.2, 0) is 17.3 Å². The lowest BCUT2D eigenvalue weighted by atomic mass is 9.92. The topological polar surface area (TPSA) is 94.8 Å². The van der Waals surface area contributed by atoms with Gasteiger partial charge in [0.05, 0.1) is 17.4 Å². The van der Waals surface area contributed by atoms with Gasteiger partial charge in [0, 0.05) is 42.9 Å². The molecule has 11 heteroatoms. The first kappa shape index (κ1) is 25.5. The Bertz CT molecular complexity index is 1450. The fourth-order valence-corrected chi connectivity index (χ4v) is 4.40. The average Bonchev–Trinajstić information content (AvgIpc) is 3.40. The second kappa shape index (κ2) is 10.7. The van der Waals surface area contributed by atoms with Gasteiger partial charge in [-0.05, 0) is 73.6 Å². The largest absolute Gasteiger partial charge is 0.416 e. The van der Waals surface area contributed by atoms with E-state index >= 15 is 0 Å². The molecule has 5 rings (SSSR count). The molecule has 1 aliphatic rings. The number of aromatic nitrogens is 5. The molecule has 0 aliphatic carbocycles. The molecule has 0 unspecified atom stereocenters. The maximum absolute atomic E-state index is 13.0. The highest BCUT2D eigenvalue weighted by Crippen LogP contribution is 2.30. The molecule has 4 heterocycles. The van der Waals surface area contributed by atoms with Gasteiger partial charge in [-0.3, -0.25) is 9.78 Å². The van der Waals surface area contributed by atoms with Crippen LogP contribution >= 0.6 is 0 Å². The molecule has 1 N–H and O–H groups in total. The number of halogens is 3. The Kier molecular flexibility index (Phi) is 7.19. The van der Waals surface area contributed by atoms with Gasteiger partial charge in [-0.25, -0.2) is 9.67 Å². The number of carbonyl (C=O) groups is 1. The first-order valence-corrected chi connectivity index (χ1v) is 12.2. The van der Waals surface area contributed by atoms with E-state index in [2.05, 4.69) is 31.7 Å². The van der Waals surface area contributed by atoms with Crippen molar-refractivity contribution in [2.75, 3.05) is 18.5 Å². The van der Waals surface area contributed by atoms with Gasteiger partial charge in [0.25, 0.3) is 5.91 Å².